The maximum absolute atomic E-state index is 12.4. The second-order valence-electron chi connectivity index (χ2n) is 6.13. The van der Waals surface area contributed by atoms with Gasteiger partial charge < -0.3 is 5.32 Å². The van der Waals surface area contributed by atoms with Crippen LogP contribution in [0, 0.1) is 24.0 Å². The van der Waals surface area contributed by atoms with Crippen molar-refractivity contribution in [2.24, 2.45) is 5.10 Å². The third-order valence-electron chi connectivity index (χ3n) is 4.32. The van der Waals surface area contributed by atoms with Gasteiger partial charge in [0.05, 0.1) is 22.1 Å². The summed E-state index contributed by atoms with van der Waals surface area (Å²) in [7, 11) is 0. The lowest BCUT2D eigenvalue weighted by Gasteiger charge is -2.17. The van der Waals surface area contributed by atoms with E-state index in [1.807, 2.05) is 6.92 Å². The van der Waals surface area contributed by atoms with Gasteiger partial charge in [-0.25, -0.2) is 0 Å². The first-order valence-corrected chi connectivity index (χ1v) is 8.86. The number of hydrogen-bond acceptors (Lipinski definition) is 5. The Morgan fingerprint density at radius 1 is 1.25 bits per heavy atom. The van der Waals surface area contributed by atoms with E-state index in [1.165, 1.54) is 18.2 Å². The fourth-order valence-corrected chi connectivity index (χ4v) is 3.15. The highest BCUT2D eigenvalue weighted by Gasteiger charge is 2.29. The lowest BCUT2D eigenvalue weighted by Crippen LogP contribution is -2.29. The first-order chi connectivity index (χ1) is 13.2. The van der Waals surface area contributed by atoms with Crippen LogP contribution in [0.4, 0.5) is 11.4 Å². The van der Waals surface area contributed by atoms with Gasteiger partial charge in [-0.1, -0.05) is 29.3 Å². The van der Waals surface area contributed by atoms with Crippen LogP contribution in [-0.2, 0) is 4.79 Å². The van der Waals surface area contributed by atoms with Gasteiger partial charge >= 0.3 is 0 Å². The summed E-state index contributed by atoms with van der Waals surface area (Å²) in [6, 6.07) is 6.79. The first-order valence-electron chi connectivity index (χ1n) is 8.10. The summed E-state index contributed by atoms with van der Waals surface area (Å²) in [4.78, 5) is 35.0. The molecule has 3 rings (SSSR count). The van der Waals surface area contributed by atoms with Gasteiger partial charge in [-0.15, -0.1) is 0 Å². The number of hydrogen-bond donors (Lipinski definition) is 1. The monoisotopic (exact) mass is 420 g/mol. The molecule has 10 heteroatoms. The fraction of sp³-hybridized carbons (Fsp3) is 0.167. The molecule has 2 aromatic carbocycles. The Hall–Kier alpha value is -2.97. The molecule has 8 nitrogen and oxygen atoms in total. The van der Waals surface area contributed by atoms with Gasteiger partial charge in [-0.05, 0) is 37.1 Å². The molecule has 0 fully saturated rings. The number of halogens is 2. The van der Waals surface area contributed by atoms with E-state index >= 15 is 0 Å². The molecule has 0 saturated carbocycles. The zero-order chi connectivity index (χ0) is 20.6. The van der Waals surface area contributed by atoms with Gasteiger partial charge in [0.15, 0.2) is 0 Å². The SMILES string of the molecule is Cc1c(Cl)cc(N2N=C(NC(=O)c3cccc([N+](=O)[O-])c3)CC2=O)c(Cl)c1C. The number of non-ortho nitro benzene ring substituents is 1. The molecule has 0 aliphatic carbocycles. The first kappa shape index (κ1) is 19.8. The summed E-state index contributed by atoms with van der Waals surface area (Å²) >= 11 is 12.5. The molecule has 0 saturated heterocycles. The van der Waals surface area contributed by atoms with Crippen molar-refractivity contribution in [3.8, 4) is 0 Å². The largest absolute Gasteiger partial charge is 0.308 e. The number of amidine groups is 1. The fourth-order valence-electron chi connectivity index (χ4n) is 2.63. The van der Waals surface area contributed by atoms with Crippen molar-refractivity contribution in [2.45, 2.75) is 20.3 Å². The molecule has 0 radical (unpaired) electrons. The third kappa shape index (κ3) is 3.69. The van der Waals surface area contributed by atoms with Gasteiger partial charge in [0.1, 0.15) is 5.84 Å². The summed E-state index contributed by atoms with van der Waals surface area (Å²) in [5, 5.41) is 19.3. The number of rotatable bonds is 3. The summed E-state index contributed by atoms with van der Waals surface area (Å²) in [5.74, 6) is -0.899. The van der Waals surface area contributed by atoms with Crippen molar-refractivity contribution in [1.82, 2.24) is 5.32 Å². The van der Waals surface area contributed by atoms with Crippen LogP contribution in [0.1, 0.15) is 27.9 Å². The predicted octanol–water partition coefficient (Wildman–Crippen LogP) is 4.00. The Kier molecular flexibility index (Phi) is 5.35. The topological polar surface area (TPSA) is 105 Å². The Bertz CT molecular complexity index is 1050. The zero-order valence-corrected chi connectivity index (χ0v) is 16.3. The number of hydrazone groups is 1. The molecule has 1 heterocycles. The van der Waals surface area contributed by atoms with Crippen LogP contribution in [-0.4, -0.2) is 22.6 Å². The highest BCUT2D eigenvalue weighted by atomic mass is 35.5. The minimum absolute atomic E-state index is 0.0788. The maximum atomic E-state index is 12.4. The highest BCUT2D eigenvalue weighted by Crippen LogP contribution is 2.37. The van der Waals surface area contributed by atoms with Crippen LogP contribution < -0.4 is 10.3 Å². The Labute approximate surface area is 169 Å². The third-order valence-corrected chi connectivity index (χ3v) is 5.19. The second-order valence-corrected chi connectivity index (χ2v) is 6.92. The molecule has 0 atom stereocenters. The summed E-state index contributed by atoms with van der Waals surface area (Å²) in [6.07, 6.45) is -0.151. The van der Waals surface area contributed by atoms with Gasteiger partial charge in [0.2, 0.25) is 0 Å². The number of amides is 2. The minimum atomic E-state index is -0.610. The number of nitro benzene ring substituents is 1. The summed E-state index contributed by atoms with van der Waals surface area (Å²) in [6.45, 7) is 3.59. The number of nitro groups is 1. The summed E-state index contributed by atoms with van der Waals surface area (Å²) < 4.78 is 0. The molecule has 0 aromatic heterocycles. The van der Waals surface area contributed by atoms with E-state index in [0.29, 0.717) is 15.7 Å². The van der Waals surface area contributed by atoms with E-state index in [1.54, 1.807) is 13.0 Å². The van der Waals surface area contributed by atoms with Gasteiger partial charge in [0, 0.05) is 22.7 Å². The normalized spacial score (nSPS) is 13.5. The molecule has 0 spiro atoms. The lowest BCUT2D eigenvalue weighted by molar-refractivity contribution is -0.384. The van der Waals surface area contributed by atoms with Crippen LogP contribution in [0.15, 0.2) is 35.4 Å². The molecule has 1 aliphatic rings. The standard InChI is InChI=1S/C18H14Cl2N4O4/c1-9-10(2)17(20)14(7-13(9)19)23-16(25)8-15(22-23)21-18(26)11-4-3-5-12(6-11)24(27)28/h3-7H,8H2,1-2H3,(H,21,22,26). The Morgan fingerprint density at radius 3 is 2.64 bits per heavy atom. The van der Waals surface area contributed by atoms with Crippen LogP contribution in [0.2, 0.25) is 10.0 Å². The maximum Gasteiger partial charge on any atom is 0.270 e. The number of benzene rings is 2. The zero-order valence-electron chi connectivity index (χ0n) is 14.8. The minimum Gasteiger partial charge on any atom is -0.308 e. The summed E-state index contributed by atoms with van der Waals surface area (Å²) in [5.41, 5.74) is 1.70. The molecule has 0 bridgehead atoms. The van der Waals surface area contributed by atoms with Crippen molar-refractivity contribution in [2.75, 3.05) is 5.01 Å². The lowest BCUT2D eigenvalue weighted by atomic mass is 10.1. The average Bonchev–Trinajstić information content (AvgIpc) is 3.02. The van der Waals surface area contributed by atoms with E-state index in [4.69, 9.17) is 23.2 Å². The van der Waals surface area contributed by atoms with Crippen molar-refractivity contribution >= 4 is 52.2 Å². The molecule has 28 heavy (non-hydrogen) atoms. The van der Waals surface area contributed by atoms with Crippen molar-refractivity contribution in [1.29, 1.82) is 0 Å². The van der Waals surface area contributed by atoms with Crippen LogP contribution in [0.25, 0.3) is 0 Å². The smallest absolute Gasteiger partial charge is 0.270 e. The van der Waals surface area contributed by atoms with Crippen LogP contribution >= 0.6 is 23.2 Å². The molecular weight excluding hydrogens is 407 g/mol. The van der Waals surface area contributed by atoms with E-state index in [-0.39, 0.29) is 23.5 Å². The van der Waals surface area contributed by atoms with E-state index in [0.717, 1.165) is 22.2 Å². The van der Waals surface area contributed by atoms with Crippen molar-refractivity contribution in [3.63, 3.8) is 0 Å². The Morgan fingerprint density at radius 2 is 1.96 bits per heavy atom. The number of anilines is 1. The Balaban J connectivity index is 1.86. The number of nitrogens with one attached hydrogen (secondary N) is 1. The molecular formula is C18H14Cl2N4O4. The van der Waals surface area contributed by atoms with Crippen molar-refractivity contribution in [3.05, 3.63) is 67.2 Å². The number of carbonyl (C=O) groups excluding carboxylic acids is 2. The quantitative estimate of drug-likeness (QED) is 0.598. The van der Waals surface area contributed by atoms with Crippen LogP contribution in [0.5, 0.6) is 0 Å². The van der Waals surface area contributed by atoms with Gasteiger partial charge in [0.25, 0.3) is 17.5 Å². The molecule has 1 N–H and O–H groups in total. The molecule has 144 valence electrons. The number of carbonyl (C=O) groups is 2. The second kappa shape index (κ2) is 7.57. The van der Waals surface area contributed by atoms with Gasteiger partial charge in [-0.3, -0.25) is 19.7 Å². The van der Waals surface area contributed by atoms with E-state index < -0.39 is 16.7 Å². The van der Waals surface area contributed by atoms with Crippen LogP contribution in [0.3, 0.4) is 0 Å². The van der Waals surface area contributed by atoms with Crippen molar-refractivity contribution < 1.29 is 14.5 Å². The predicted molar refractivity (Wildman–Crippen MR) is 106 cm³/mol. The number of nitrogens with zero attached hydrogens (tertiary/aromatic N) is 3. The molecule has 1 aliphatic heterocycles. The van der Waals surface area contributed by atoms with E-state index in [9.17, 15) is 19.7 Å². The molecule has 2 amide bonds. The highest BCUT2D eigenvalue weighted by molar-refractivity contribution is 6.37. The van der Waals surface area contributed by atoms with E-state index in [2.05, 4.69) is 10.4 Å². The molecule has 2 aromatic rings. The molecule has 0 unspecified atom stereocenters. The van der Waals surface area contributed by atoms with Gasteiger partial charge in [-0.2, -0.15) is 10.1 Å². The average molecular weight is 421 g/mol.